The third kappa shape index (κ3) is 4.38. The lowest BCUT2D eigenvalue weighted by Gasteiger charge is -2.01. The highest BCUT2D eigenvalue weighted by Gasteiger charge is 2.10. The van der Waals surface area contributed by atoms with Crippen LogP contribution in [0.25, 0.3) is 0 Å². The summed E-state index contributed by atoms with van der Waals surface area (Å²) in [7, 11) is -3.44. The predicted octanol–water partition coefficient (Wildman–Crippen LogP) is -0.137. The van der Waals surface area contributed by atoms with E-state index >= 15 is 0 Å². The Morgan fingerprint density at radius 3 is 2.11 bits per heavy atom. The van der Waals surface area contributed by atoms with Crippen LogP contribution >= 0.6 is 0 Å². The van der Waals surface area contributed by atoms with E-state index in [0.29, 0.717) is 0 Å². The third-order valence-electron chi connectivity index (χ3n) is 0.684. The molecule has 0 aliphatic rings. The average Bonchev–Trinajstić information content (AvgIpc) is 1.63. The van der Waals surface area contributed by atoms with Gasteiger partial charge in [0.25, 0.3) is 10.1 Å². The Morgan fingerprint density at radius 1 is 1.56 bits per heavy atom. The molecule has 0 aliphatic carbocycles. The summed E-state index contributed by atoms with van der Waals surface area (Å²) in [5.41, 5.74) is 0. The summed E-state index contributed by atoms with van der Waals surface area (Å²) in [6.07, 6.45) is 0. The van der Waals surface area contributed by atoms with Crippen LogP contribution in [0.3, 0.4) is 0 Å². The molecule has 0 fully saturated rings. The molecule has 0 saturated carbocycles. The molecule has 0 heterocycles. The smallest absolute Gasteiger partial charge is 0.198 e. The first-order chi connectivity index (χ1) is 3.98. The Morgan fingerprint density at radius 2 is 2.00 bits per heavy atom. The van der Waals surface area contributed by atoms with Crippen molar-refractivity contribution in [1.29, 1.82) is 0 Å². The van der Waals surface area contributed by atoms with Crippen LogP contribution in [0.1, 0.15) is 13.8 Å². The van der Waals surface area contributed by atoms with Crippen LogP contribution in [0.4, 0.5) is 0 Å². The van der Waals surface area contributed by atoms with Crippen molar-refractivity contribution in [3.8, 4) is 0 Å². The number of hydrogen-bond acceptors (Lipinski definition) is 4. The molecule has 0 unspecified atom stereocenters. The molecule has 0 spiro atoms. The Bertz CT molecular complexity index is 161. The molecule has 9 heavy (non-hydrogen) atoms. The second kappa shape index (κ2) is 3.14. The minimum atomic E-state index is -3.44. The van der Waals surface area contributed by atoms with Crippen LogP contribution < -0.4 is 5.90 Å². The topological polar surface area (TPSA) is 69.4 Å². The minimum Gasteiger partial charge on any atom is -0.198 e. The van der Waals surface area contributed by atoms with Gasteiger partial charge in [-0.1, -0.05) is 13.8 Å². The van der Waals surface area contributed by atoms with Gasteiger partial charge in [-0.05, 0) is 5.92 Å². The van der Waals surface area contributed by atoms with E-state index in [1.807, 2.05) is 0 Å². The molecule has 0 rings (SSSR count). The van der Waals surface area contributed by atoms with E-state index < -0.39 is 10.1 Å². The molecule has 0 saturated heterocycles. The van der Waals surface area contributed by atoms with Crippen molar-refractivity contribution in [3.05, 3.63) is 0 Å². The molecule has 0 atom stereocenters. The van der Waals surface area contributed by atoms with Crippen LogP contribution in [0.15, 0.2) is 0 Å². The van der Waals surface area contributed by atoms with E-state index in [-0.39, 0.29) is 11.7 Å². The van der Waals surface area contributed by atoms with Crippen molar-refractivity contribution in [2.24, 2.45) is 11.8 Å². The van der Waals surface area contributed by atoms with Crippen LogP contribution in [0, 0.1) is 5.92 Å². The molecule has 4 nitrogen and oxygen atoms in total. The van der Waals surface area contributed by atoms with Crippen LogP contribution in [-0.2, 0) is 14.4 Å². The molecule has 5 heteroatoms. The monoisotopic (exact) mass is 153 g/mol. The van der Waals surface area contributed by atoms with Gasteiger partial charge in [-0.3, -0.25) is 0 Å². The first-order valence-electron chi connectivity index (χ1n) is 2.59. The molecule has 2 N–H and O–H groups in total. The van der Waals surface area contributed by atoms with Gasteiger partial charge < -0.3 is 0 Å². The quantitative estimate of drug-likeness (QED) is 0.573. The zero-order chi connectivity index (χ0) is 7.49. The van der Waals surface area contributed by atoms with Gasteiger partial charge in [-0.2, -0.15) is 18.6 Å². The lowest BCUT2D eigenvalue weighted by atomic mass is 10.3. The van der Waals surface area contributed by atoms with Crippen molar-refractivity contribution in [2.45, 2.75) is 13.8 Å². The summed E-state index contributed by atoms with van der Waals surface area (Å²) in [6.45, 7) is 3.55. The Balaban J connectivity index is 3.90. The van der Waals surface area contributed by atoms with Crippen molar-refractivity contribution in [2.75, 3.05) is 5.75 Å². The van der Waals surface area contributed by atoms with E-state index in [0.717, 1.165) is 0 Å². The van der Waals surface area contributed by atoms with Gasteiger partial charge in [0.15, 0.2) is 0 Å². The lowest BCUT2D eigenvalue weighted by Crippen LogP contribution is -2.17. The maximum atomic E-state index is 10.5. The molecule has 0 aromatic heterocycles. The fraction of sp³-hybridized carbons (Fsp3) is 1.00. The summed E-state index contributed by atoms with van der Waals surface area (Å²) in [6, 6.07) is 0. The van der Waals surface area contributed by atoms with Gasteiger partial charge in [-0.25, -0.2) is 0 Å². The molecule has 0 radical (unpaired) electrons. The molecule has 0 amide bonds. The molecule has 0 aromatic rings. The van der Waals surface area contributed by atoms with Crippen LogP contribution in [0.2, 0.25) is 0 Å². The Kier molecular flexibility index (Phi) is 3.10. The molecular weight excluding hydrogens is 142 g/mol. The van der Waals surface area contributed by atoms with E-state index in [2.05, 4.69) is 10.2 Å². The van der Waals surface area contributed by atoms with Gasteiger partial charge in [0.05, 0.1) is 5.75 Å². The summed E-state index contributed by atoms with van der Waals surface area (Å²) < 4.78 is 24.6. The van der Waals surface area contributed by atoms with Crippen molar-refractivity contribution >= 4 is 10.1 Å². The Hall–Kier alpha value is -0.130. The van der Waals surface area contributed by atoms with Gasteiger partial charge in [0.1, 0.15) is 0 Å². The molecule has 0 bridgehead atoms. The SMILES string of the molecule is CC(C)CS(=O)(=O)ON. The van der Waals surface area contributed by atoms with Gasteiger partial charge in [0, 0.05) is 0 Å². The molecule has 0 aromatic carbocycles. The van der Waals surface area contributed by atoms with Gasteiger partial charge in [-0.15, -0.1) is 0 Å². The average molecular weight is 153 g/mol. The second-order valence-electron chi connectivity index (χ2n) is 2.21. The normalized spacial score (nSPS) is 12.4. The van der Waals surface area contributed by atoms with Crippen molar-refractivity contribution in [3.63, 3.8) is 0 Å². The number of hydrogen-bond donors (Lipinski definition) is 1. The van der Waals surface area contributed by atoms with Crippen LogP contribution in [0.5, 0.6) is 0 Å². The number of nitrogens with two attached hydrogens (primary N) is 1. The molecule has 0 aliphatic heterocycles. The van der Waals surface area contributed by atoms with Crippen molar-refractivity contribution < 1.29 is 12.7 Å². The maximum Gasteiger partial charge on any atom is 0.283 e. The lowest BCUT2D eigenvalue weighted by molar-refractivity contribution is 0.329. The summed E-state index contributed by atoms with van der Waals surface area (Å²) in [4.78, 5) is 0. The zero-order valence-electron chi connectivity index (χ0n) is 5.49. The summed E-state index contributed by atoms with van der Waals surface area (Å²) >= 11 is 0. The van der Waals surface area contributed by atoms with Gasteiger partial charge in [0.2, 0.25) is 0 Å². The van der Waals surface area contributed by atoms with Crippen LogP contribution in [-0.4, -0.2) is 14.2 Å². The third-order valence-corrected chi connectivity index (χ3v) is 2.05. The predicted molar refractivity (Wildman–Crippen MR) is 33.9 cm³/mol. The second-order valence-corrected chi connectivity index (χ2v) is 3.86. The van der Waals surface area contributed by atoms with E-state index in [4.69, 9.17) is 0 Å². The highest BCUT2D eigenvalue weighted by Crippen LogP contribution is 1.98. The zero-order valence-corrected chi connectivity index (χ0v) is 6.31. The highest BCUT2D eigenvalue weighted by atomic mass is 32.2. The standard InChI is InChI=1S/C4H11NO3S/c1-4(2)3-9(6,7)8-5/h4H,3,5H2,1-2H3. The summed E-state index contributed by atoms with van der Waals surface area (Å²) in [5.74, 6) is 4.50. The van der Waals surface area contributed by atoms with E-state index in [1.165, 1.54) is 0 Å². The first-order valence-corrected chi connectivity index (χ1v) is 4.16. The Labute approximate surface area is 55.1 Å². The largest absolute Gasteiger partial charge is 0.283 e. The minimum absolute atomic E-state index is 0.0243. The highest BCUT2D eigenvalue weighted by molar-refractivity contribution is 7.86. The van der Waals surface area contributed by atoms with E-state index in [9.17, 15) is 8.42 Å². The van der Waals surface area contributed by atoms with E-state index in [1.54, 1.807) is 13.8 Å². The first kappa shape index (κ1) is 8.87. The maximum absolute atomic E-state index is 10.5. The van der Waals surface area contributed by atoms with Gasteiger partial charge >= 0.3 is 0 Å². The fourth-order valence-electron chi connectivity index (χ4n) is 0.448. The summed E-state index contributed by atoms with van der Waals surface area (Å²) in [5, 5.41) is 0. The number of rotatable bonds is 3. The molecular formula is C4H11NO3S. The van der Waals surface area contributed by atoms with Crippen molar-refractivity contribution in [1.82, 2.24) is 0 Å². The molecule has 56 valence electrons. The fourth-order valence-corrected chi connectivity index (χ4v) is 1.34.